The summed E-state index contributed by atoms with van der Waals surface area (Å²) in [6.45, 7) is 10.6. The molecule has 0 unspecified atom stereocenters. The lowest BCUT2D eigenvalue weighted by atomic mass is 10.0. The Morgan fingerprint density at radius 3 is 2.04 bits per heavy atom. The first-order chi connectivity index (χ1) is 12.3. The molecule has 1 saturated heterocycles. The van der Waals surface area contributed by atoms with Crippen molar-refractivity contribution in [3.8, 4) is 0 Å². The van der Waals surface area contributed by atoms with E-state index in [2.05, 4.69) is 42.8 Å². The van der Waals surface area contributed by atoms with Gasteiger partial charge in [0.05, 0.1) is 4.90 Å². The van der Waals surface area contributed by atoms with Crippen molar-refractivity contribution in [1.29, 1.82) is 0 Å². The van der Waals surface area contributed by atoms with E-state index in [9.17, 15) is 8.42 Å². The van der Waals surface area contributed by atoms with Gasteiger partial charge in [0.1, 0.15) is 5.01 Å². The summed E-state index contributed by atoms with van der Waals surface area (Å²) in [5.41, 5.74) is 1.14. The molecule has 0 saturated carbocycles. The molecule has 0 spiro atoms. The fourth-order valence-corrected chi connectivity index (χ4v) is 5.20. The summed E-state index contributed by atoms with van der Waals surface area (Å²) in [5.74, 6) is 0.745. The number of sulfonamides is 1. The Balaban J connectivity index is 1.68. The van der Waals surface area contributed by atoms with Crippen LogP contribution in [0, 0.1) is 0 Å². The lowest BCUT2D eigenvalue weighted by Gasteiger charge is -2.33. The van der Waals surface area contributed by atoms with Gasteiger partial charge in [-0.3, -0.25) is 0 Å². The van der Waals surface area contributed by atoms with Gasteiger partial charge in [0.25, 0.3) is 0 Å². The highest BCUT2D eigenvalue weighted by molar-refractivity contribution is 7.89. The van der Waals surface area contributed by atoms with Crippen LogP contribution in [0.5, 0.6) is 0 Å². The van der Waals surface area contributed by atoms with Gasteiger partial charge < -0.3 is 4.90 Å². The predicted octanol–water partition coefficient (Wildman–Crippen LogP) is 3.30. The summed E-state index contributed by atoms with van der Waals surface area (Å²) in [4.78, 5) is 2.49. The maximum atomic E-state index is 12.9. The highest BCUT2D eigenvalue weighted by atomic mass is 32.2. The average molecular weight is 395 g/mol. The fourth-order valence-electron chi connectivity index (χ4n) is 2.88. The Labute approximate surface area is 159 Å². The second-order valence-corrected chi connectivity index (χ2v) is 10.1. The summed E-state index contributed by atoms with van der Waals surface area (Å²) >= 11 is 1.59. The van der Waals surface area contributed by atoms with Crippen molar-refractivity contribution in [2.24, 2.45) is 0 Å². The standard InChI is InChI=1S/C18H26N4O2S2/c1-13(2)15-5-7-16(8-6-15)26(23,24)22-11-9-21(10-12-22)18-20-19-17(25-18)14(3)4/h5-8,13-14H,9-12H2,1-4H3. The Kier molecular flexibility index (Phi) is 5.64. The fraction of sp³-hybridized carbons (Fsp3) is 0.556. The van der Waals surface area contributed by atoms with Crippen LogP contribution in [0.2, 0.25) is 0 Å². The zero-order chi connectivity index (χ0) is 18.9. The minimum atomic E-state index is -3.44. The summed E-state index contributed by atoms with van der Waals surface area (Å²) in [5, 5.41) is 10.4. The Morgan fingerprint density at radius 2 is 1.54 bits per heavy atom. The number of nitrogens with zero attached hydrogens (tertiary/aromatic N) is 4. The normalized spacial score (nSPS) is 16.6. The molecule has 8 heteroatoms. The molecule has 3 rings (SSSR count). The van der Waals surface area contributed by atoms with E-state index in [4.69, 9.17) is 0 Å². The SMILES string of the molecule is CC(C)c1ccc(S(=O)(=O)N2CCN(c3nnc(C(C)C)s3)CC2)cc1. The molecule has 26 heavy (non-hydrogen) atoms. The Hall–Kier alpha value is -1.51. The molecule has 0 bridgehead atoms. The molecule has 1 aromatic heterocycles. The molecule has 0 amide bonds. The van der Waals surface area contributed by atoms with Crippen LogP contribution < -0.4 is 4.90 Å². The minimum Gasteiger partial charge on any atom is -0.344 e. The smallest absolute Gasteiger partial charge is 0.243 e. The predicted molar refractivity (Wildman–Crippen MR) is 106 cm³/mol. The van der Waals surface area contributed by atoms with E-state index in [1.54, 1.807) is 27.8 Å². The molecule has 0 radical (unpaired) electrons. The van der Waals surface area contributed by atoms with E-state index in [1.807, 2.05) is 12.1 Å². The van der Waals surface area contributed by atoms with Crippen molar-refractivity contribution in [3.63, 3.8) is 0 Å². The van der Waals surface area contributed by atoms with Gasteiger partial charge in [0.15, 0.2) is 0 Å². The summed E-state index contributed by atoms with van der Waals surface area (Å²) in [6, 6.07) is 7.25. The molecule has 1 aromatic carbocycles. The van der Waals surface area contributed by atoms with E-state index in [1.165, 1.54) is 0 Å². The van der Waals surface area contributed by atoms with Gasteiger partial charge in [-0.1, -0.05) is 51.2 Å². The molecule has 0 N–H and O–H groups in total. The number of hydrogen-bond acceptors (Lipinski definition) is 6. The van der Waals surface area contributed by atoms with Crippen molar-refractivity contribution >= 4 is 26.5 Å². The van der Waals surface area contributed by atoms with Crippen molar-refractivity contribution in [3.05, 3.63) is 34.8 Å². The highest BCUT2D eigenvalue weighted by Crippen LogP contribution is 2.27. The van der Waals surface area contributed by atoms with Crippen LogP contribution in [0.15, 0.2) is 29.2 Å². The zero-order valence-corrected chi connectivity index (χ0v) is 17.3. The molecule has 0 atom stereocenters. The third-order valence-corrected chi connectivity index (χ3v) is 7.82. The van der Waals surface area contributed by atoms with Gasteiger partial charge in [0.2, 0.25) is 15.2 Å². The van der Waals surface area contributed by atoms with Crippen LogP contribution in [-0.4, -0.2) is 49.1 Å². The summed E-state index contributed by atoms with van der Waals surface area (Å²) in [6.07, 6.45) is 0. The van der Waals surface area contributed by atoms with Gasteiger partial charge in [-0.25, -0.2) is 8.42 Å². The molecule has 0 aliphatic carbocycles. The monoisotopic (exact) mass is 394 g/mol. The van der Waals surface area contributed by atoms with Gasteiger partial charge >= 0.3 is 0 Å². The molecule has 2 heterocycles. The van der Waals surface area contributed by atoms with E-state index < -0.39 is 10.0 Å². The third-order valence-electron chi connectivity index (χ3n) is 4.62. The summed E-state index contributed by atoms with van der Waals surface area (Å²) in [7, 11) is -3.44. The van der Waals surface area contributed by atoms with E-state index in [-0.39, 0.29) is 0 Å². The number of piperazine rings is 1. The number of hydrogen-bond donors (Lipinski definition) is 0. The first-order valence-corrected chi connectivity index (χ1v) is 11.2. The molecule has 1 aliphatic rings. The Morgan fingerprint density at radius 1 is 0.923 bits per heavy atom. The first-order valence-electron chi connectivity index (χ1n) is 8.97. The second kappa shape index (κ2) is 7.62. The highest BCUT2D eigenvalue weighted by Gasteiger charge is 2.29. The summed E-state index contributed by atoms with van der Waals surface area (Å²) < 4.78 is 27.3. The maximum absolute atomic E-state index is 12.9. The minimum absolute atomic E-state index is 0.358. The van der Waals surface area contributed by atoms with Crippen LogP contribution in [0.1, 0.15) is 50.1 Å². The van der Waals surface area contributed by atoms with Gasteiger partial charge in [-0.15, -0.1) is 10.2 Å². The van der Waals surface area contributed by atoms with E-state index in [0.717, 1.165) is 15.7 Å². The number of benzene rings is 1. The van der Waals surface area contributed by atoms with Crippen molar-refractivity contribution in [2.45, 2.75) is 44.4 Å². The maximum Gasteiger partial charge on any atom is 0.243 e. The molecule has 6 nitrogen and oxygen atoms in total. The first kappa shape index (κ1) is 19.3. The number of aromatic nitrogens is 2. The largest absolute Gasteiger partial charge is 0.344 e. The molecule has 1 fully saturated rings. The van der Waals surface area contributed by atoms with Crippen molar-refractivity contribution in [2.75, 3.05) is 31.1 Å². The van der Waals surface area contributed by atoms with Crippen molar-refractivity contribution in [1.82, 2.24) is 14.5 Å². The van der Waals surface area contributed by atoms with Gasteiger partial charge in [0, 0.05) is 32.1 Å². The van der Waals surface area contributed by atoms with Crippen LogP contribution in [0.25, 0.3) is 0 Å². The topological polar surface area (TPSA) is 66.4 Å². The van der Waals surface area contributed by atoms with Crippen molar-refractivity contribution < 1.29 is 8.42 Å². The molecular weight excluding hydrogens is 368 g/mol. The molecular formula is C18H26N4O2S2. The zero-order valence-electron chi connectivity index (χ0n) is 15.7. The van der Waals surface area contributed by atoms with E-state index in [0.29, 0.717) is 42.9 Å². The third kappa shape index (κ3) is 3.92. The second-order valence-electron chi connectivity index (χ2n) is 7.19. The van der Waals surface area contributed by atoms with Crippen LogP contribution in [0.3, 0.4) is 0 Å². The Bertz CT molecular complexity index is 836. The molecule has 1 aliphatic heterocycles. The number of anilines is 1. The lowest BCUT2D eigenvalue weighted by molar-refractivity contribution is 0.384. The van der Waals surface area contributed by atoms with Crippen LogP contribution in [0.4, 0.5) is 5.13 Å². The van der Waals surface area contributed by atoms with E-state index >= 15 is 0 Å². The quantitative estimate of drug-likeness (QED) is 0.778. The molecule has 2 aromatic rings. The van der Waals surface area contributed by atoms with Crippen LogP contribution in [-0.2, 0) is 10.0 Å². The van der Waals surface area contributed by atoms with Gasteiger partial charge in [-0.05, 0) is 23.6 Å². The lowest BCUT2D eigenvalue weighted by Crippen LogP contribution is -2.48. The van der Waals surface area contributed by atoms with Crippen LogP contribution >= 0.6 is 11.3 Å². The van der Waals surface area contributed by atoms with Gasteiger partial charge in [-0.2, -0.15) is 4.31 Å². The molecule has 142 valence electrons. The average Bonchev–Trinajstić information content (AvgIpc) is 3.12. The number of rotatable bonds is 5.